The predicted molar refractivity (Wildman–Crippen MR) is 239 cm³/mol. The Kier molecular flexibility index (Phi) is 38.5. The Morgan fingerprint density at radius 1 is 0.458 bits per heavy atom. The van der Waals surface area contributed by atoms with E-state index in [-0.39, 0.29) is 99.2 Å². The van der Waals surface area contributed by atoms with Crippen LogP contribution in [0.5, 0.6) is 0 Å². The van der Waals surface area contributed by atoms with Gasteiger partial charge in [0.15, 0.2) is 0 Å². The lowest BCUT2D eigenvalue weighted by molar-refractivity contribution is -0.154. The fraction of sp³-hybridized carbons (Fsp3) is 0.860. The molecule has 0 saturated heterocycles. The summed E-state index contributed by atoms with van der Waals surface area (Å²) in [5.41, 5.74) is 0. The molecule has 0 aromatic rings. The van der Waals surface area contributed by atoms with E-state index >= 15 is 0 Å². The van der Waals surface area contributed by atoms with Crippen LogP contribution < -0.4 is 0 Å². The van der Waals surface area contributed by atoms with E-state index in [0.29, 0.717) is 31.1 Å². The van der Waals surface area contributed by atoms with Gasteiger partial charge in [0.25, 0.3) is 0 Å². The maximum atomic E-state index is 12.6. The first-order chi connectivity index (χ1) is 28.4. The number of carbonyl (C=O) groups excluding carboxylic acids is 6. The molecule has 3 unspecified atom stereocenters. The van der Waals surface area contributed by atoms with Gasteiger partial charge in [0.1, 0.15) is 39.6 Å². The van der Waals surface area contributed by atoms with Gasteiger partial charge in [-0.3, -0.25) is 28.8 Å². The summed E-state index contributed by atoms with van der Waals surface area (Å²) in [7, 11) is 0. The highest BCUT2D eigenvalue weighted by Crippen LogP contribution is 2.17. The second-order valence-corrected chi connectivity index (χ2v) is 18.4. The topological polar surface area (TPSA) is 161 Å². The molecule has 0 rings (SSSR count). The van der Waals surface area contributed by atoms with Crippen molar-refractivity contribution < 1.29 is 57.2 Å². The molecule has 0 aliphatic carbocycles. The van der Waals surface area contributed by atoms with E-state index in [9.17, 15) is 28.8 Å². The molecule has 0 aliphatic rings. The van der Waals surface area contributed by atoms with Gasteiger partial charge >= 0.3 is 35.8 Å². The van der Waals surface area contributed by atoms with Crippen LogP contribution in [0.15, 0.2) is 0 Å². The minimum Gasteiger partial charge on any atom is -0.462 e. The number of rotatable bonds is 40. The van der Waals surface area contributed by atoms with E-state index in [2.05, 4.69) is 13.8 Å². The molecule has 0 spiro atoms. The van der Waals surface area contributed by atoms with Crippen LogP contribution >= 0.6 is 35.3 Å². The van der Waals surface area contributed by atoms with Gasteiger partial charge in [-0.05, 0) is 38.2 Å². The third kappa shape index (κ3) is 35.2. The molecule has 3 atom stereocenters. The second kappa shape index (κ2) is 39.9. The number of esters is 6. The zero-order valence-corrected chi connectivity index (χ0v) is 39.6. The summed E-state index contributed by atoms with van der Waals surface area (Å²) < 4.78 is 31.4. The van der Waals surface area contributed by atoms with Crippen LogP contribution in [0.1, 0.15) is 138 Å². The van der Waals surface area contributed by atoms with Crippen molar-refractivity contribution >= 4 is 71.1 Å². The highest BCUT2D eigenvalue weighted by molar-refractivity contribution is 8.00. The van der Waals surface area contributed by atoms with Crippen LogP contribution in [-0.2, 0) is 57.2 Å². The zero-order chi connectivity index (χ0) is 43.9. The lowest BCUT2D eigenvalue weighted by atomic mass is 10.1. The number of carbonyl (C=O) groups is 6. The molecule has 0 heterocycles. The molecule has 344 valence electrons. The van der Waals surface area contributed by atoms with Crippen LogP contribution in [0, 0.1) is 5.92 Å². The van der Waals surface area contributed by atoms with Gasteiger partial charge in [0.2, 0.25) is 0 Å². The van der Waals surface area contributed by atoms with E-state index in [1.165, 1.54) is 76.0 Å². The summed E-state index contributed by atoms with van der Waals surface area (Å²) >= 11 is 4.69. The van der Waals surface area contributed by atoms with Crippen molar-refractivity contribution in [1.29, 1.82) is 0 Å². The summed E-state index contributed by atoms with van der Waals surface area (Å²) in [4.78, 5) is 75.4. The van der Waals surface area contributed by atoms with Gasteiger partial charge in [0.05, 0.1) is 29.3 Å². The van der Waals surface area contributed by atoms with E-state index in [0.717, 1.165) is 24.3 Å². The van der Waals surface area contributed by atoms with Gasteiger partial charge in [-0.25, -0.2) is 0 Å². The Hall–Kier alpha value is -2.17. The van der Waals surface area contributed by atoms with Crippen molar-refractivity contribution in [3.8, 4) is 0 Å². The molecule has 0 bridgehead atoms. The lowest BCUT2D eigenvalue weighted by Gasteiger charge is -2.22. The van der Waals surface area contributed by atoms with Gasteiger partial charge in [-0.2, -0.15) is 11.8 Å². The summed E-state index contributed by atoms with van der Waals surface area (Å²) in [5, 5.41) is -0.569. The van der Waals surface area contributed by atoms with Crippen molar-refractivity contribution in [3.05, 3.63) is 0 Å². The predicted octanol–water partition coefficient (Wildman–Crippen LogP) is 8.07. The van der Waals surface area contributed by atoms with E-state index in [4.69, 9.17) is 28.4 Å². The Balaban J connectivity index is 4.69. The maximum Gasteiger partial charge on any atom is 0.318 e. The second-order valence-electron chi connectivity index (χ2n) is 14.4. The van der Waals surface area contributed by atoms with Crippen LogP contribution in [0.4, 0.5) is 0 Å². The maximum absolute atomic E-state index is 12.6. The van der Waals surface area contributed by atoms with Crippen LogP contribution in [0.25, 0.3) is 0 Å². The number of thioether (sulfide) groups is 3. The molecule has 13 nitrogen and oxygen atoms in total. The highest BCUT2D eigenvalue weighted by Gasteiger charge is 2.19. The molecule has 0 fully saturated rings. The molecule has 0 N–H and O–H groups in total. The van der Waals surface area contributed by atoms with E-state index in [1.54, 1.807) is 37.4 Å². The molecular weight excluding hydrogens is 819 g/mol. The third-order valence-electron chi connectivity index (χ3n) is 9.04. The summed E-state index contributed by atoms with van der Waals surface area (Å²) in [5.74, 6) is 0.262. The third-order valence-corrected chi connectivity index (χ3v) is 12.7. The molecule has 0 saturated carbocycles. The number of nitrogens with zero attached hydrogens (tertiary/aromatic N) is 1. The fourth-order valence-electron chi connectivity index (χ4n) is 5.29. The minimum atomic E-state index is -0.450. The summed E-state index contributed by atoms with van der Waals surface area (Å²) in [6, 6.07) is 0. The molecule has 0 aromatic carbocycles. The number of hydrogen-bond donors (Lipinski definition) is 0. The number of hydrogen-bond acceptors (Lipinski definition) is 16. The Morgan fingerprint density at radius 3 is 1.29 bits per heavy atom. The Bertz CT molecular complexity index is 1070. The number of ether oxygens (including phenoxy) is 6. The molecule has 0 amide bonds. The van der Waals surface area contributed by atoms with Crippen molar-refractivity contribution in [1.82, 2.24) is 4.90 Å². The normalized spacial score (nSPS) is 12.7. The molecule has 59 heavy (non-hydrogen) atoms. The molecule has 0 radical (unpaired) electrons. The number of unbranched alkanes of at least 4 members (excludes halogenated alkanes) is 10. The van der Waals surface area contributed by atoms with Gasteiger partial charge in [-0.15, -0.1) is 23.5 Å². The lowest BCUT2D eigenvalue weighted by Crippen LogP contribution is -2.32. The SMILES string of the molecule is CCCCCCCCSC(C)C(=O)OCCOC(=O)CCN(CCSCC(C)C(=O)OCCOC(=O)CC)CCC(=O)OCCOC(=O)C(C)SCCCCCCCC. The Morgan fingerprint density at radius 2 is 0.847 bits per heavy atom. The molecule has 16 heteroatoms. The first-order valence-electron chi connectivity index (χ1n) is 21.9. The monoisotopic (exact) mass is 895 g/mol. The van der Waals surface area contributed by atoms with Crippen molar-refractivity contribution in [2.24, 2.45) is 5.92 Å². The first kappa shape index (κ1) is 56.8. The first-order valence-corrected chi connectivity index (χ1v) is 25.2. The van der Waals surface area contributed by atoms with Crippen molar-refractivity contribution in [2.75, 3.05) is 82.3 Å². The highest BCUT2D eigenvalue weighted by atomic mass is 32.2. The van der Waals surface area contributed by atoms with Crippen LogP contribution in [-0.4, -0.2) is 134 Å². The summed E-state index contributed by atoms with van der Waals surface area (Å²) in [6.07, 6.45) is 14.8. The van der Waals surface area contributed by atoms with Crippen LogP contribution in [0.2, 0.25) is 0 Å². The average molecular weight is 896 g/mol. The molecular formula is C43H77NO12S3. The minimum absolute atomic E-state index is 0.000573. The zero-order valence-electron chi connectivity index (χ0n) is 37.1. The smallest absolute Gasteiger partial charge is 0.318 e. The largest absolute Gasteiger partial charge is 0.462 e. The Labute approximate surface area is 368 Å². The summed E-state index contributed by atoms with van der Waals surface area (Å²) in [6.45, 7) is 12.5. The van der Waals surface area contributed by atoms with Gasteiger partial charge in [-0.1, -0.05) is 91.9 Å². The quantitative estimate of drug-likeness (QED) is 0.0330. The van der Waals surface area contributed by atoms with Crippen molar-refractivity contribution in [3.63, 3.8) is 0 Å². The van der Waals surface area contributed by atoms with Crippen molar-refractivity contribution in [2.45, 2.75) is 148 Å². The van der Waals surface area contributed by atoms with Crippen LogP contribution in [0.3, 0.4) is 0 Å². The van der Waals surface area contributed by atoms with E-state index < -0.39 is 11.9 Å². The van der Waals surface area contributed by atoms with Gasteiger partial charge in [0, 0.05) is 37.6 Å². The standard InChI is InChI=1S/C43H77NO12S3/c1-7-10-12-14-16-18-31-58-36(5)42(49)55-29-26-52-39(46)20-22-44(24-33-57-34-35(4)41(48)54-28-25-51-38(45)9-3)23-21-40(47)53-27-30-56-43(50)37(6)59-32-19-17-15-13-11-8-2/h35-37H,7-34H2,1-6H3. The van der Waals surface area contributed by atoms with Gasteiger partial charge < -0.3 is 33.3 Å². The average Bonchev–Trinajstić information content (AvgIpc) is 3.23. The molecule has 0 aliphatic heterocycles. The molecule has 0 aromatic heterocycles. The fourth-order valence-corrected chi connectivity index (χ4v) is 8.19. The van der Waals surface area contributed by atoms with E-state index in [1.807, 2.05) is 18.7 Å².